The van der Waals surface area contributed by atoms with E-state index in [0.29, 0.717) is 16.5 Å². The van der Waals surface area contributed by atoms with E-state index in [9.17, 15) is 4.79 Å². The van der Waals surface area contributed by atoms with Crippen LogP contribution < -0.4 is 5.32 Å². The number of hydrogen-bond donors (Lipinski definition) is 1. The van der Waals surface area contributed by atoms with Crippen molar-refractivity contribution in [2.24, 2.45) is 5.92 Å². The molecule has 1 aromatic carbocycles. The highest BCUT2D eigenvalue weighted by Crippen LogP contribution is 2.22. The highest BCUT2D eigenvalue weighted by molar-refractivity contribution is 9.08. The number of alkyl halides is 1. The van der Waals surface area contributed by atoms with Crippen LogP contribution in [0.15, 0.2) is 18.2 Å². The van der Waals surface area contributed by atoms with E-state index >= 15 is 0 Å². The van der Waals surface area contributed by atoms with Crippen LogP contribution in [0.1, 0.15) is 75.7 Å². The SMILES string of the molecule is C.C.O=C(NCC1CCCCCCC1)c1cc(CBr)ccc1Cl. The minimum atomic E-state index is -0.0511. The second-order valence-electron chi connectivity index (χ2n) is 5.87. The van der Waals surface area contributed by atoms with Crippen molar-refractivity contribution in [2.75, 3.05) is 6.54 Å². The van der Waals surface area contributed by atoms with Crippen LogP contribution in [0.3, 0.4) is 0 Å². The van der Waals surface area contributed by atoms with Gasteiger partial charge in [0.15, 0.2) is 0 Å². The quantitative estimate of drug-likeness (QED) is 0.563. The molecule has 1 aromatic rings. The zero-order valence-corrected chi connectivity index (χ0v) is 14.7. The zero-order valence-electron chi connectivity index (χ0n) is 12.3. The smallest absolute Gasteiger partial charge is 0.252 e. The third-order valence-corrected chi connectivity index (χ3v) is 5.18. The molecule has 1 aliphatic rings. The van der Waals surface area contributed by atoms with Gasteiger partial charge in [0.1, 0.15) is 0 Å². The molecule has 0 bridgehead atoms. The molecule has 0 spiro atoms. The number of halogens is 2. The maximum Gasteiger partial charge on any atom is 0.252 e. The lowest BCUT2D eigenvalue weighted by Gasteiger charge is -2.20. The highest BCUT2D eigenvalue weighted by Gasteiger charge is 2.15. The van der Waals surface area contributed by atoms with Gasteiger partial charge in [-0.3, -0.25) is 4.79 Å². The summed E-state index contributed by atoms with van der Waals surface area (Å²) >= 11 is 9.55. The third-order valence-electron chi connectivity index (χ3n) is 4.21. The molecule has 2 nitrogen and oxygen atoms in total. The topological polar surface area (TPSA) is 29.1 Å². The van der Waals surface area contributed by atoms with Gasteiger partial charge in [-0.15, -0.1) is 0 Å². The minimum absolute atomic E-state index is 0. The zero-order chi connectivity index (χ0) is 15.1. The Labute approximate surface area is 155 Å². The third kappa shape index (κ3) is 7.26. The Morgan fingerprint density at radius 1 is 1.13 bits per heavy atom. The number of amides is 1. The fourth-order valence-electron chi connectivity index (χ4n) is 2.91. The summed E-state index contributed by atoms with van der Waals surface area (Å²) in [6.07, 6.45) is 9.09. The van der Waals surface area contributed by atoms with E-state index in [4.69, 9.17) is 11.6 Å². The van der Waals surface area contributed by atoms with E-state index in [1.807, 2.05) is 12.1 Å². The summed E-state index contributed by atoms with van der Waals surface area (Å²) in [6, 6.07) is 5.59. The van der Waals surface area contributed by atoms with Gasteiger partial charge in [-0.1, -0.05) is 80.6 Å². The average molecular weight is 405 g/mol. The Morgan fingerprint density at radius 3 is 2.35 bits per heavy atom. The number of carbonyl (C=O) groups excluding carboxylic acids is 1. The summed E-state index contributed by atoms with van der Waals surface area (Å²) in [5, 5.41) is 4.32. The number of hydrogen-bond acceptors (Lipinski definition) is 1. The van der Waals surface area contributed by atoms with Crippen LogP contribution in [-0.4, -0.2) is 12.5 Å². The molecule has 0 aromatic heterocycles. The lowest BCUT2D eigenvalue weighted by Crippen LogP contribution is -2.30. The highest BCUT2D eigenvalue weighted by atomic mass is 79.9. The molecule has 4 heteroatoms. The maximum absolute atomic E-state index is 12.3. The fraction of sp³-hybridized carbons (Fsp3) is 0.632. The standard InChI is InChI=1S/C17H23BrClNO.2CH4/c18-11-14-8-9-16(19)15(10-14)17(21)20-12-13-6-4-2-1-3-5-7-13;;/h8-10,13H,1-7,11-12H2,(H,20,21);2*1H4. The van der Waals surface area contributed by atoms with Crippen molar-refractivity contribution in [2.45, 2.75) is 65.1 Å². The normalized spacial score (nSPS) is 15.6. The molecule has 0 aliphatic heterocycles. The van der Waals surface area contributed by atoms with Gasteiger partial charge in [0.25, 0.3) is 5.91 Å². The molecule has 2 rings (SSSR count). The van der Waals surface area contributed by atoms with E-state index in [1.54, 1.807) is 6.07 Å². The Morgan fingerprint density at radius 2 is 1.74 bits per heavy atom. The minimum Gasteiger partial charge on any atom is -0.352 e. The number of rotatable bonds is 4. The maximum atomic E-state index is 12.3. The molecule has 23 heavy (non-hydrogen) atoms. The first-order valence-electron chi connectivity index (χ1n) is 7.83. The van der Waals surface area contributed by atoms with Crippen LogP contribution in [0.4, 0.5) is 0 Å². The average Bonchev–Trinajstić information content (AvgIpc) is 2.46. The van der Waals surface area contributed by atoms with Crippen molar-refractivity contribution in [3.63, 3.8) is 0 Å². The van der Waals surface area contributed by atoms with Crippen molar-refractivity contribution in [3.05, 3.63) is 34.3 Å². The molecule has 1 fully saturated rings. The second-order valence-corrected chi connectivity index (χ2v) is 6.84. The van der Waals surface area contributed by atoms with Gasteiger partial charge in [-0.2, -0.15) is 0 Å². The Kier molecular flexibility index (Phi) is 11.6. The molecule has 0 atom stereocenters. The Bertz CT molecular complexity index is 470. The van der Waals surface area contributed by atoms with Gasteiger partial charge < -0.3 is 5.32 Å². The van der Waals surface area contributed by atoms with Gasteiger partial charge in [0.2, 0.25) is 0 Å². The lowest BCUT2D eigenvalue weighted by molar-refractivity contribution is 0.0944. The van der Waals surface area contributed by atoms with Crippen molar-refractivity contribution < 1.29 is 4.79 Å². The summed E-state index contributed by atoms with van der Waals surface area (Å²) in [4.78, 5) is 12.3. The number of nitrogens with one attached hydrogen (secondary N) is 1. The van der Waals surface area contributed by atoms with Gasteiger partial charge in [0, 0.05) is 11.9 Å². The molecule has 0 unspecified atom stereocenters. The Hall–Kier alpha value is -0.540. The van der Waals surface area contributed by atoms with Crippen molar-refractivity contribution >= 4 is 33.4 Å². The monoisotopic (exact) mass is 403 g/mol. The molecular formula is C19H31BrClNO. The van der Waals surface area contributed by atoms with E-state index in [0.717, 1.165) is 17.4 Å². The summed E-state index contributed by atoms with van der Waals surface area (Å²) in [5.74, 6) is 0.567. The second kappa shape index (κ2) is 11.9. The van der Waals surface area contributed by atoms with Crippen molar-refractivity contribution in [1.82, 2.24) is 5.32 Å². The van der Waals surface area contributed by atoms with Crippen LogP contribution in [0.25, 0.3) is 0 Å². The van der Waals surface area contributed by atoms with Crippen LogP contribution >= 0.6 is 27.5 Å². The van der Waals surface area contributed by atoms with Crippen LogP contribution in [-0.2, 0) is 5.33 Å². The summed E-state index contributed by atoms with van der Waals surface area (Å²) in [7, 11) is 0. The van der Waals surface area contributed by atoms with E-state index in [-0.39, 0.29) is 20.8 Å². The van der Waals surface area contributed by atoms with Crippen molar-refractivity contribution in [3.8, 4) is 0 Å². The number of carbonyl (C=O) groups is 1. The molecule has 0 radical (unpaired) electrons. The predicted molar refractivity (Wildman–Crippen MR) is 106 cm³/mol. The van der Waals surface area contributed by atoms with Gasteiger partial charge in [0.05, 0.1) is 10.6 Å². The first kappa shape index (κ1) is 22.5. The van der Waals surface area contributed by atoms with Crippen LogP contribution in [0, 0.1) is 5.92 Å². The van der Waals surface area contributed by atoms with Crippen LogP contribution in [0.5, 0.6) is 0 Å². The largest absolute Gasteiger partial charge is 0.352 e. The number of benzene rings is 1. The van der Waals surface area contributed by atoms with E-state index in [1.165, 1.54) is 44.9 Å². The van der Waals surface area contributed by atoms with Gasteiger partial charge in [-0.05, 0) is 36.5 Å². The molecule has 1 amide bonds. The summed E-state index contributed by atoms with van der Waals surface area (Å²) in [5.41, 5.74) is 1.65. The van der Waals surface area contributed by atoms with E-state index in [2.05, 4.69) is 21.2 Å². The molecule has 132 valence electrons. The van der Waals surface area contributed by atoms with Crippen LogP contribution in [0.2, 0.25) is 5.02 Å². The molecule has 0 heterocycles. The molecule has 0 saturated heterocycles. The van der Waals surface area contributed by atoms with Gasteiger partial charge in [-0.25, -0.2) is 0 Å². The summed E-state index contributed by atoms with van der Waals surface area (Å²) < 4.78 is 0. The van der Waals surface area contributed by atoms with Gasteiger partial charge >= 0.3 is 0 Å². The molecule has 1 saturated carbocycles. The predicted octanol–water partition coefficient (Wildman–Crippen LogP) is 6.60. The Balaban J connectivity index is 0.00000242. The first-order valence-corrected chi connectivity index (χ1v) is 9.33. The summed E-state index contributed by atoms with van der Waals surface area (Å²) in [6.45, 7) is 0.772. The van der Waals surface area contributed by atoms with Crippen molar-refractivity contribution in [1.29, 1.82) is 0 Å². The first-order chi connectivity index (χ1) is 10.2. The van der Waals surface area contributed by atoms with E-state index < -0.39 is 0 Å². The molecule has 1 aliphatic carbocycles. The molecule has 1 N–H and O–H groups in total. The lowest BCUT2D eigenvalue weighted by atomic mass is 9.91. The fourth-order valence-corrected chi connectivity index (χ4v) is 3.46. The molecular weight excluding hydrogens is 374 g/mol.